The molecule has 0 bridgehead atoms. The van der Waals surface area contributed by atoms with Crippen LogP contribution in [0.1, 0.15) is 39.6 Å². The van der Waals surface area contributed by atoms with Crippen LogP contribution in [0.2, 0.25) is 0 Å². The Bertz CT molecular complexity index is 309. The normalized spacial score (nSPS) is 13.7. The Hall–Kier alpha value is -0.940. The fraction of sp³-hybridized carbons (Fsp3) is 0.818. The Morgan fingerprint density at radius 1 is 1.38 bits per heavy atom. The molecule has 1 heterocycles. The van der Waals surface area contributed by atoms with Crippen molar-refractivity contribution in [2.45, 2.75) is 46.3 Å². The predicted octanol–water partition coefficient (Wildman–Crippen LogP) is 0.965. The summed E-state index contributed by atoms with van der Waals surface area (Å²) >= 11 is 0. The third-order valence-corrected chi connectivity index (χ3v) is 2.66. The minimum atomic E-state index is 0.109. The zero-order chi connectivity index (χ0) is 12.1. The smallest absolute Gasteiger partial charge is 0.141 e. The van der Waals surface area contributed by atoms with Crippen molar-refractivity contribution in [1.82, 2.24) is 20.1 Å². The second-order valence-corrected chi connectivity index (χ2v) is 4.63. The third kappa shape index (κ3) is 3.28. The molecule has 0 aromatic carbocycles. The van der Waals surface area contributed by atoms with Gasteiger partial charge in [-0.3, -0.25) is 0 Å². The van der Waals surface area contributed by atoms with E-state index in [0.29, 0.717) is 18.5 Å². The minimum Gasteiger partial charge on any atom is -0.395 e. The van der Waals surface area contributed by atoms with E-state index in [-0.39, 0.29) is 12.6 Å². The van der Waals surface area contributed by atoms with Gasteiger partial charge in [0.15, 0.2) is 0 Å². The van der Waals surface area contributed by atoms with Gasteiger partial charge in [-0.25, -0.2) is 9.67 Å². The molecule has 1 unspecified atom stereocenters. The van der Waals surface area contributed by atoms with E-state index in [1.807, 2.05) is 4.68 Å². The minimum absolute atomic E-state index is 0.109. The van der Waals surface area contributed by atoms with Crippen molar-refractivity contribution in [3.05, 3.63) is 12.2 Å². The molecule has 0 saturated heterocycles. The van der Waals surface area contributed by atoms with E-state index in [4.69, 9.17) is 0 Å². The van der Waals surface area contributed by atoms with E-state index in [2.05, 4.69) is 43.1 Å². The van der Waals surface area contributed by atoms with Crippen molar-refractivity contribution in [3.63, 3.8) is 0 Å². The first-order valence-corrected chi connectivity index (χ1v) is 5.78. The van der Waals surface area contributed by atoms with Crippen LogP contribution in [0.25, 0.3) is 0 Å². The highest BCUT2D eigenvalue weighted by molar-refractivity contribution is 4.87. The molecule has 0 radical (unpaired) electrons. The van der Waals surface area contributed by atoms with E-state index >= 15 is 0 Å². The monoisotopic (exact) mass is 226 g/mol. The van der Waals surface area contributed by atoms with Crippen molar-refractivity contribution >= 4 is 0 Å². The molecule has 16 heavy (non-hydrogen) atoms. The van der Waals surface area contributed by atoms with Crippen LogP contribution in [-0.4, -0.2) is 32.5 Å². The van der Waals surface area contributed by atoms with Gasteiger partial charge in [0.2, 0.25) is 0 Å². The second-order valence-electron chi connectivity index (χ2n) is 4.63. The van der Waals surface area contributed by atoms with Crippen LogP contribution in [0, 0.1) is 5.92 Å². The average molecular weight is 226 g/mol. The first-order chi connectivity index (χ1) is 7.56. The summed E-state index contributed by atoms with van der Waals surface area (Å²) in [6.45, 7) is 9.10. The summed E-state index contributed by atoms with van der Waals surface area (Å²) < 4.78 is 1.89. The SMILES string of the molecule is CC(C)C(CO)NCc1ncnn1C(C)C. The standard InChI is InChI=1S/C11H22N4O/c1-8(2)10(6-16)12-5-11-13-7-14-15(11)9(3)4/h7-10,12,16H,5-6H2,1-4H3. The van der Waals surface area contributed by atoms with Crippen molar-refractivity contribution in [1.29, 1.82) is 0 Å². The Morgan fingerprint density at radius 3 is 2.56 bits per heavy atom. The maximum Gasteiger partial charge on any atom is 0.141 e. The lowest BCUT2D eigenvalue weighted by molar-refractivity contribution is 0.208. The fourth-order valence-electron chi connectivity index (χ4n) is 1.57. The van der Waals surface area contributed by atoms with Crippen LogP contribution in [0.15, 0.2) is 6.33 Å². The van der Waals surface area contributed by atoms with Gasteiger partial charge >= 0.3 is 0 Å². The van der Waals surface area contributed by atoms with Crippen molar-refractivity contribution in [2.24, 2.45) is 5.92 Å². The van der Waals surface area contributed by atoms with Gasteiger partial charge in [-0.2, -0.15) is 5.10 Å². The van der Waals surface area contributed by atoms with Crippen LogP contribution in [0.4, 0.5) is 0 Å². The topological polar surface area (TPSA) is 63.0 Å². The third-order valence-electron chi connectivity index (χ3n) is 2.66. The molecule has 0 saturated carbocycles. The molecule has 1 rings (SSSR count). The zero-order valence-electron chi connectivity index (χ0n) is 10.5. The van der Waals surface area contributed by atoms with Crippen LogP contribution in [0.5, 0.6) is 0 Å². The molecule has 2 N–H and O–H groups in total. The van der Waals surface area contributed by atoms with Gasteiger partial charge in [0, 0.05) is 12.1 Å². The Labute approximate surface area is 96.9 Å². The lowest BCUT2D eigenvalue weighted by Gasteiger charge is -2.20. The lowest BCUT2D eigenvalue weighted by Crippen LogP contribution is -2.37. The van der Waals surface area contributed by atoms with E-state index in [0.717, 1.165) is 5.82 Å². The molecule has 5 nitrogen and oxygen atoms in total. The summed E-state index contributed by atoms with van der Waals surface area (Å²) in [4.78, 5) is 4.21. The molecule has 0 spiro atoms. The molecular formula is C11H22N4O. The summed E-state index contributed by atoms with van der Waals surface area (Å²) in [6.07, 6.45) is 1.57. The second kappa shape index (κ2) is 5.96. The van der Waals surface area contributed by atoms with E-state index in [9.17, 15) is 5.11 Å². The molecule has 92 valence electrons. The average Bonchev–Trinajstić information content (AvgIpc) is 2.66. The van der Waals surface area contributed by atoms with Gasteiger partial charge in [0.25, 0.3) is 0 Å². The Morgan fingerprint density at radius 2 is 2.06 bits per heavy atom. The zero-order valence-corrected chi connectivity index (χ0v) is 10.5. The van der Waals surface area contributed by atoms with Crippen LogP contribution in [0.3, 0.4) is 0 Å². The molecule has 0 fully saturated rings. The largest absolute Gasteiger partial charge is 0.395 e. The van der Waals surface area contributed by atoms with Gasteiger partial charge < -0.3 is 10.4 Å². The molecule has 0 aliphatic carbocycles. The van der Waals surface area contributed by atoms with Crippen LogP contribution in [-0.2, 0) is 6.54 Å². The van der Waals surface area contributed by atoms with E-state index in [1.165, 1.54) is 0 Å². The first-order valence-electron chi connectivity index (χ1n) is 5.78. The maximum atomic E-state index is 9.20. The highest BCUT2D eigenvalue weighted by Gasteiger charge is 2.13. The number of aliphatic hydroxyl groups excluding tert-OH is 1. The number of rotatable bonds is 6. The highest BCUT2D eigenvalue weighted by Crippen LogP contribution is 2.06. The van der Waals surface area contributed by atoms with Crippen molar-refractivity contribution in [3.8, 4) is 0 Å². The summed E-state index contributed by atoms with van der Waals surface area (Å²) in [5.41, 5.74) is 0. The molecule has 0 aliphatic heterocycles. The lowest BCUT2D eigenvalue weighted by atomic mass is 10.1. The summed E-state index contributed by atoms with van der Waals surface area (Å²) in [7, 11) is 0. The number of hydrogen-bond acceptors (Lipinski definition) is 4. The summed E-state index contributed by atoms with van der Waals surface area (Å²) in [5, 5.41) is 16.7. The number of hydrogen-bond donors (Lipinski definition) is 2. The molecule has 5 heteroatoms. The Balaban J connectivity index is 2.56. The van der Waals surface area contributed by atoms with Gasteiger partial charge in [0.05, 0.1) is 13.2 Å². The van der Waals surface area contributed by atoms with Crippen LogP contribution < -0.4 is 5.32 Å². The molecule has 0 aliphatic rings. The number of nitrogens with one attached hydrogen (secondary N) is 1. The van der Waals surface area contributed by atoms with E-state index < -0.39 is 0 Å². The number of aliphatic hydroxyl groups is 1. The quantitative estimate of drug-likeness (QED) is 0.758. The first kappa shape index (κ1) is 13.1. The summed E-state index contributed by atoms with van der Waals surface area (Å²) in [5.74, 6) is 1.31. The van der Waals surface area contributed by atoms with E-state index in [1.54, 1.807) is 6.33 Å². The summed E-state index contributed by atoms with van der Waals surface area (Å²) in [6, 6.07) is 0.420. The fourth-order valence-corrected chi connectivity index (χ4v) is 1.57. The molecule has 1 atom stereocenters. The number of nitrogens with zero attached hydrogens (tertiary/aromatic N) is 3. The van der Waals surface area contributed by atoms with Gasteiger partial charge in [-0.1, -0.05) is 13.8 Å². The maximum absolute atomic E-state index is 9.20. The van der Waals surface area contributed by atoms with Gasteiger partial charge in [0.1, 0.15) is 12.2 Å². The molecular weight excluding hydrogens is 204 g/mol. The predicted molar refractivity (Wildman–Crippen MR) is 63.0 cm³/mol. The van der Waals surface area contributed by atoms with Crippen molar-refractivity contribution < 1.29 is 5.11 Å². The van der Waals surface area contributed by atoms with Crippen LogP contribution >= 0.6 is 0 Å². The molecule has 0 amide bonds. The number of aromatic nitrogens is 3. The highest BCUT2D eigenvalue weighted by atomic mass is 16.3. The Kier molecular flexibility index (Phi) is 4.89. The van der Waals surface area contributed by atoms with Crippen molar-refractivity contribution in [2.75, 3.05) is 6.61 Å². The van der Waals surface area contributed by atoms with Gasteiger partial charge in [-0.05, 0) is 19.8 Å². The molecule has 1 aromatic heterocycles. The van der Waals surface area contributed by atoms with Gasteiger partial charge in [-0.15, -0.1) is 0 Å². The molecule has 1 aromatic rings.